The van der Waals surface area contributed by atoms with Crippen LogP contribution in [-0.4, -0.2) is 31.4 Å². The van der Waals surface area contributed by atoms with Gasteiger partial charge in [0, 0.05) is 28.0 Å². The SMILES string of the molecule is Cc1cc(C2=Nc3c(c(C(F)(F)F)c4c(c3C(F)(F)F)C(=C(C#N)C#N)C(c3cc(C(F)(F)F)nc(C(F)(F)F)n3)=N4)C2=C(C#N)C#N)nc(C(F)(F)F)n1. The number of hydrogen-bond donors (Lipinski definition) is 0. The molecule has 0 atom stereocenters. The number of rotatable bonds is 2. The first kappa shape index (κ1) is 39.3. The first-order valence-electron chi connectivity index (χ1n) is 13.8. The first-order valence-corrected chi connectivity index (χ1v) is 13.8. The molecule has 0 radical (unpaired) electrons. The van der Waals surface area contributed by atoms with Gasteiger partial charge in [-0.3, -0.25) is 0 Å². The molecule has 25 heteroatoms. The molecular weight excluding hydrogens is 785 g/mol. The fourth-order valence-electron chi connectivity index (χ4n) is 5.35. The normalized spacial score (nSPS) is 14.3. The summed E-state index contributed by atoms with van der Waals surface area (Å²) in [5.74, 6) is -4.63. The highest BCUT2D eigenvalue weighted by molar-refractivity contribution is 6.40. The molecule has 0 saturated carbocycles. The Morgan fingerprint density at radius 2 is 0.855 bits per heavy atom. The number of nitrogens with zero attached hydrogens (tertiary/aromatic N) is 10. The van der Waals surface area contributed by atoms with E-state index in [4.69, 9.17) is 0 Å². The molecular formula is C30H5F15N10. The fraction of sp³-hybridized carbons (Fsp3) is 0.200. The average Bonchev–Trinajstić information content (AvgIpc) is 3.61. The van der Waals surface area contributed by atoms with E-state index in [1.807, 2.05) is 0 Å². The highest BCUT2D eigenvalue weighted by atomic mass is 19.4. The lowest BCUT2D eigenvalue weighted by Crippen LogP contribution is -2.20. The van der Waals surface area contributed by atoms with Gasteiger partial charge >= 0.3 is 30.9 Å². The third kappa shape index (κ3) is 6.76. The van der Waals surface area contributed by atoms with Crippen molar-refractivity contribution in [3.63, 3.8) is 0 Å². The molecule has 0 saturated heterocycles. The molecule has 0 amide bonds. The van der Waals surface area contributed by atoms with Crippen molar-refractivity contribution in [2.75, 3.05) is 0 Å². The largest absolute Gasteiger partial charge is 0.451 e. The third-order valence-electron chi connectivity index (χ3n) is 7.25. The number of benzene rings is 1. The van der Waals surface area contributed by atoms with Crippen molar-refractivity contribution in [1.29, 1.82) is 21.0 Å². The molecule has 0 aliphatic carbocycles. The zero-order chi connectivity index (χ0) is 41.4. The van der Waals surface area contributed by atoms with Gasteiger partial charge in [-0.15, -0.1) is 0 Å². The molecule has 0 fully saturated rings. The lowest BCUT2D eigenvalue weighted by Gasteiger charge is -2.22. The van der Waals surface area contributed by atoms with E-state index in [1.54, 1.807) is 0 Å². The molecule has 1 aromatic carbocycles. The van der Waals surface area contributed by atoms with Crippen LogP contribution < -0.4 is 0 Å². The number of fused-ring (bicyclic) bond motifs is 2. The Morgan fingerprint density at radius 3 is 1.18 bits per heavy atom. The number of halogens is 15. The predicted molar refractivity (Wildman–Crippen MR) is 149 cm³/mol. The molecule has 0 N–H and O–H groups in total. The summed E-state index contributed by atoms with van der Waals surface area (Å²) in [6.07, 6.45) is -29.1. The van der Waals surface area contributed by atoms with E-state index in [2.05, 4.69) is 29.9 Å². The second-order valence-electron chi connectivity index (χ2n) is 10.7. The summed E-state index contributed by atoms with van der Waals surface area (Å²) in [7, 11) is 0. The average molecular weight is 790 g/mol. The molecule has 2 aliphatic heterocycles. The van der Waals surface area contributed by atoms with Crippen LogP contribution in [0.1, 0.15) is 56.7 Å². The Kier molecular flexibility index (Phi) is 9.02. The van der Waals surface area contributed by atoms with Crippen LogP contribution >= 0.6 is 0 Å². The Bertz CT molecular complexity index is 2450. The maximum absolute atomic E-state index is 15.2. The first-order chi connectivity index (χ1) is 25.2. The van der Waals surface area contributed by atoms with E-state index >= 15 is 26.3 Å². The number of aromatic nitrogens is 4. The second kappa shape index (κ2) is 12.6. The number of aliphatic imine (C=N–C) groups is 2. The van der Waals surface area contributed by atoms with Crippen LogP contribution in [-0.2, 0) is 30.9 Å². The maximum Gasteiger partial charge on any atom is 0.451 e. The van der Waals surface area contributed by atoms with Gasteiger partial charge in [0.15, 0.2) is 0 Å². The summed E-state index contributed by atoms with van der Waals surface area (Å²) < 4.78 is 214. The summed E-state index contributed by atoms with van der Waals surface area (Å²) in [5, 5.41) is 38.7. The number of aryl methyl sites for hydroxylation is 1. The van der Waals surface area contributed by atoms with Gasteiger partial charge in [-0.25, -0.2) is 29.9 Å². The van der Waals surface area contributed by atoms with E-state index < -0.39 is 133 Å². The number of allylic oxidation sites excluding steroid dienone is 4. The van der Waals surface area contributed by atoms with Gasteiger partial charge in [0.25, 0.3) is 0 Å². The standard InChI is InChI=1S/C30H5F15N10/c1-8-2-11(51-24(50-8)29(40,41)42)20-14(9(4-46)5-47)16-18(27(34,35)36)23-17(19(22(16)54-20)28(37,38)39)15(10(6-48)7-49)21(55-23)12-3-13(26(31,32)33)53-25(52-12)30(43,44)45/h2-3H,1H3. The Balaban J connectivity index is 2.08. The lowest BCUT2D eigenvalue weighted by molar-refractivity contribution is -0.153. The monoisotopic (exact) mass is 790 g/mol. The van der Waals surface area contributed by atoms with Crippen LogP contribution in [0, 0.1) is 52.2 Å². The maximum atomic E-state index is 15.2. The van der Waals surface area contributed by atoms with E-state index in [0.29, 0.717) is 6.07 Å². The summed E-state index contributed by atoms with van der Waals surface area (Å²) >= 11 is 0. The number of hydrogen-bond acceptors (Lipinski definition) is 10. The number of alkyl halides is 15. The van der Waals surface area contributed by atoms with Crippen LogP contribution in [0.2, 0.25) is 0 Å². The second-order valence-corrected chi connectivity index (χ2v) is 10.7. The van der Waals surface area contributed by atoms with Gasteiger partial charge in [-0.1, -0.05) is 0 Å². The van der Waals surface area contributed by atoms with Crippen LogP contribution in [0.25, 0.3) is 11.1 Å². The molecule has 55 heavy (non-hydrogen) atoms. The molecule has 5 rings (SSSR count). The van der Waals surface area contributed by atoms with E-state index in [1.165, 1.54) is 0 Å². The minimum absolute atomic E-state index is 0.374. The van der Waals surface area contributed by atoms with Crippen molar-refractivity contribution in [2.45, 2.75) is 37.8 Å². The predicted octanol–water partition coefficient (Wildman–Crippen LogP) is 8.54. The molecule has 0 unspecified atom stereocenters. The van der Waals surface area contributed by atoms with Crippen molar-refractivity contribution < 1.29 is 65.9 Å². The van der Waals surface area contributed by atoms with Gasteiger partial charge in [0.1, 0.15) is 41.1 Å². The van der Waals surface area contributed by atoms with Crippen molar-refractivity contribution in [3.8, 4) is 24.3 Å². The van der Waals surface area contributed by atoms with Crippen LogP contribution in [0.3, 0.4) is 0 Å². The van der Waals surface area contributed by atoms with Crippen molar-refractivity contribution in [2.24, 2.45) is 9.98 Å². The van der Waals surface area contributed by atoms with Gasteiger partial charge in [-0.05, 0) is 19.1 Å². The minimum atomic E-state index is -6.05. The van der Waals surface area contributed by atoms with Crippen molar-refractivity contribution in [1.82, 2.24) is 19.9 Å². The Morgan fingerprint density at radius 1 is 0.491 bits per heavy atom. The molecule has 3 aromatic rings. The molecule has 280 valence electrons. The Hall–Kier alpha value is -6.89. The van der Waals surface area contributed by atoms with Gasteiger partial charge < -0.3 is 0 Å². The summed E-state index contributed by atoms with van der Waals surface area (Å²) in [4.78, 5) is 18.0. The molecule has 4 heterocycles. The van der Waals surface area contributed by atoms with Crippen LogP contribution in [0.15, 0.2) is 33.3 Å². The summed E-state index contributed by atoms with van der Waals surface area (Å²) in [5.41, 5.74) is -28.2. The van der Waals surface area contributed by atoms with Crippen LogP contribution in [0.4, 0.5) is 77.2 Å². The van der Waals surface area contributed by atoms with Crippen molar-refractivity contribution in [3.05, 3.63) is 80.0 Å². The zero-order valence-electron chi connectivity index (χ0n) is 25.8. The fourth-order valence-corrected chi connectivity index (χ4v) is 5.35. The Labute approximate surface area is 293 Å². The van der Waals surface area contributed by atoms with Gasteiger partial charge in [-0.2, -0.15) is 86.9 Å². The molecule has 10 nitrogen and oxygen atoms in total. The molecule has 2 aromatic heterocycles. The van der Waals surface area contributed by atoms with Gasteiger partial charge in [0.05, 0.1) is 45.3 Å². The van der Waals surface area contributed by atoms with E-state index in [-0.39, 0.29) is 6.07 Å². The van der Waals surface area contributed by atoms with Crippen LogP contribution in [0.5, 0.6) is 0 Å². The van der Waals surface area contributed by atoms with Crippen molar-refractivity contribution >= 4 is 33.9 Å². The highest BCUT2D eigenvalue weighted by Crippen LogP contribution is 2.60. The highest BCUT2D eigenvalue weighted by Gasteiger charge is 2.53. The number of nitriles is 4. The topological polar surface area (TPSA) is 171 Å². The zero-order valence-corrected chi connectivity index (χ0v) is 25.8. The molecule has 0 spiro atoms. The quantitative estimate of drug-likeness (QED) is 0.184. The summed E-state index contributed by atoms with van der Waals surface area (Å²) in [6, 6.07) is 4.33. The minimum Gasteiger partial charge on any atom is -0.245 e. The lowest BCUT2D eigenvalue weighted by atomic mass is 9.84. The molecule has 2 aliphatic rings. The van der Waals surface area contributed by atoms with E-state index in [9.17, 15) is 60.6 Å². The van der Waals surface area contributed by atoms with Gasteiger partial charge in [0.2, 0.25) is 11.6 Å². The van der Waals surface area contributed by atoms with E-state index in [0.717, 1.165) is 31.2 Å². The third-order valence-corrected chi connectivity index (χ3v) is 7.25. The molecule has 0 bridgehead atoms. The summed E-state index contributed by atoms with van der Waals surface area (Å²) in [6.45, 7) is 0.888. The smallest absolute Gasteiger partial charge is 0.245 e.